The number of hydrogen-bond donors (Lipinski definition) is 1. The first-order chi connectivity index (χ1) is 8.54. The van der Waals surface area contributed by atoms with E-state index in [1.165, 1.54) is 17.8 Å². The molecule has 0 aliphatic rings. The van der Waals surface area contributed by atoms with Crippen LogP contribution in [-0.2, 0) is 4.79 Å². The van der Waals surface area contributed by atoms with Crippen LogP contribution in [0.4, 0.5) is 8.78 Å². The third-order valence-corrected chi connectivity index (χ3v) is 3.35. The molecule has 100 valence electrons. The molecule has 0 bridgehead atoms. The van der Waals surface area contributed by atoms with Crippen molar-refractivity contribution in [2.75, 3.05) is 32.9 Å². The van der Waals surface area contributed by atoms with Crippen molar-refractivity contribution in [3.8, 4) is 0 Å². The van der Waals surface area contributed by atoms with E-state index in [9.17, 15) is 13.6 Å². The van der Waals surface area contributed by atoms with Gasteiger partial charge in [0, 0.05) is 25.0 Å². The summed E-state index contributed by atoms with van der Waals surface area (Å²) < 4.78 is 25.6. The summed E-state index contributed by atoms with van der Waals surface area (Å²) in [6.07, 6.45) is 0. The monoisotopic (exact) mass is 274 g/mol. The molecule has 0 aliphatic heterocycles. The SMILES string of the molecule is CNCCN(C)C(=O)CSc1ccc(F)c(F)c1. The molecule has 0 saturated carbocycles. The van der Waals surface area contributed by atoms with Gasteiger partial charge in [0.05, 0.1) is 5.75 Å². The van der Waals surface area contributed by atoms with Gasteiger partial charge in [0.1, 0.15) is 0 Å². The summed E-state index contributed by atoms with van der Waals surface area (Å²) in [7, 11) is 3.53. The fourth-order valence-corrected chi connectivity index (χ4v) is 2.09. The van der Waals surface area contributed by atoms with Gasteiger partial charge in [-0.05, 0) is 25.2 Å². The predicted octanol–water partition coefficient (Wildman–Crippen LogP) is 1.73. The summed E-state index contributed by atoms with van der Waals surface area (Å²) in [5.41, 5.74) is 0. The Morgan fingerprint density at radius 2 is 2.11 bits per heavy atom. The first-order valence-electron chi connectivity index (χ1n) is 5.51. The molecular weight excluding hydrogens is 258 g/mol. The molecule has 3 nitrogen and oxygen atoms in total. The van der Waals surface area contributed by atoms with E-state index in [4.69, 9.17) is 0 Å². The van der Waals surface area contributed by atoms with Crippen LogP contribution in [0.15, 0.2) is 23.1 Å². The molecule has 18 heavy (non-hydrogen) atoms. The first kappa shape index (κ1) is 14.9. The minimum absolute atomic E-state index is 0.0417. The van der Waals surface area contributed by atoms with Crippen molar-refractivity contribution in [2.24, 2.45) is 0 Å². The molecule has 0 aliphatic carbocycles. The summed E-state index contributed by atoms with van der Waals surface area (Å²) >= 11 is 1.19. The van der Waals surface area contributed by atoms with Crippen LogP contribution in [0.25, 0.3) is 0 Å². The Labute approximate surface area is 110 Å². The lowest BCUT2D eigenvalue weighted by Gasteiger charge is -2.16. The molecule has 6 heteroatoms. The van der Waals surface area contributed by atoms with Crippen LogP contribution in [0.3, 0.4) is 0 Å². The van der Waals surface area contributed by atoms with E-state index in [1.807, 2.05) is 7.05 Å². The molecule has 0 heterocycles. The number of thioether (sulfide) groups is 1. The number of halogens is 2. The number of likely N-dealkylation sites (N-methyl/N-ethyl adjacent to an activating group) is 2. The van der Waals surface area contributed by atoms with E-state index in [-0.39, 0.29) is 11.7 Å². The zero-order valence-electron chi connectivity index (χ0n) is 10.4. The number of nitrogens with zero attached hydrogens (tertiary/aromatic N) is 1. The van der Waals surface area contributed by atoms with Crippen LogP contribution >= 0.6 is 11.8 Å². The van der Waals surface area contributed by atoms with Crippen LogP contribution in [0.2, 0.25) is 0 Å². The number of benzene rings is 1. The number of carbonyl (C=O) groups is 1. The normalized spacial score (nSPS) is 10.4. The average Bonchev–Trinajstić information content (AvgIpc) is 2.36. The summed E-state index contributed by atoms with van der Waals surface area (Å²) in [6.45, 7) is 1.34. The lowest BCUT2D eigenvalue weighted by molar-refractivity contribution is -0.127. The van der Waals surface area contributed by atoms with E-state index in [2.05, 4.69) is 5.32 Å². The molecule has 0 atom stereocenters. The Hall–Kier alpha value is -1.14. The maximum atomic E-state index is 12.9. The van der Waals surface area contributed by atoms with Crippen molar-refractivity contribution >= 4 is 17.7 Å². The minimum atomic E-state index is -0.893. The van der Waals surface area contributed by atoms with Gasteiger partial charge in [-0.25, -0.2) is 8.78 Å². The van der Waals surface area contributed by atoms with E-state index < -0.39 is 11.6 Å². The summed E-state index contributed by atoms with van der Waals surface area (Å²) in [6, 6.07) is 3.62. The number of rotatable bonds is 6. The zero-order valence-corrected chi connectivity index (χ0v) is 11.2. The molecule has 0 aromatic heterocycles. The quantitative estimate of drug-likeness (QED) is 0.802. The van der Waals surface area contributed by atoms with Crippen LogP contribution in [-0.4, -0.2) is 43.7 Å². The molecule has 1 N–H and O–H groups in total. The van der Waals surface area contributed by atoms with Crippen molar-refractivity contribution in [2.45, 2.75) is 4.90 Å². The van der Waals surface area contributed by atoms with Gasteiger partial charge in [-0.1, -0.05) is 0 Å². The highest BCUT2D eigenvalue weighted by atomic mass is 32.2. The average molecular weight is 274 g/mol. The molecule has 0 unspecified atom stereocenters. The standard InChI is InChI=1S/C12H16F2N2OS/c1-15-5-6-16(2)12(17)8-18-9-3-4-10(13)11(14)7-9/h3-4,7,15H,5-6,8H2,1-2H3. The van der Waals surface area contributed by atoms with Crippen LogP contribution in [0, 0.1) is 11.6 Å². The van der Waals surface area contributed by atoms with Gasteiger partial charge < -0.3 is 10.2 Å². The van der Waals surface area contributed by atoms with E-state index >= 15 is 0 Å². The summed E-state index contributed by atoms with van der Waals surface area (Å²) in [4.78, 5) is 13.8. The largest absolute Gasteiger partial charge is 0.344 e. The Morgan fingerprint density at radius 3 is 2.72 bits per heavy atom. The van der Waals surface area contributed by atoms with Crippen LogP contribution < -0.4 is 5.32 Å². The Kier molecular flexibility index (Phi) is 6.07. The van der Waals surface area contributed by atoms with Gasteiger partial charge in [0.25, 0.3) is 0 Å². The molecule has 0 spiro atoms. The molecule has 1 rings (SSSR count). The van der Waals surface area contributed by atoms with Gasteiger partial charge >= 0.3 is 0 Å². The molecule has 1 aromatic rings. The number of nitrogens with one attached hydrogen (secondary N) is 1. The van der Waals surface area contributed by atoms with Crippen molar-refractivity contribution in [3.05, 3.63) is 29.8 Å². The zero-order chi connectivity index (χ0) is 13.5. The minimum Gasteiger partial charge on any atom is -0.344 e. The van der Waals surface area contributed by atoms with E-state index in [0.717, 1.165) is 18.7 Å². The fourth-order valence-electron chi connectivity index (χ4n) is 1.23. The number of hydrogen-bond acceptors (Lipinski definition) is 3. The van der Waals surface area contributed by atoms with Crippen molar-refractivity contribution in [1.29, 1.82) is 0 Å². The molecule has 0 radical (unpaired) electrons. The Bertz CT molecular complexity index is 415. The van der Waals surface area contributed by atoms with E-state index in [1.54, 1.807) is 11.9 Å². The second-order valence-corrected chi connectivity index (χ2v) is 4.83. The predicted molar refractivity (Wildman–Crippen MR) is 68.6 cm³/mol. The third kappa shape index (κ3) is 4.62. The summed E-state index contributed by atoms with van der Waals surface area (Å²) in [5.74, 6) is -1.60. The van der Waals surface area contributed by atoms with Gasteiger partial charge in [0.2, 0.25) is 5.91 Å². The van der Waals surface area contributed by atoms with Crippen molar-refractivity contribution in [3.63, 3.8) is 0 Å². The van der Waals surface area contributed by atoms with Gasteiger partial charge in [-0.15, -0.1) is 11.8 Å². The second kappa shape index (κ2) is 7.33. The topological polar surface area (TPSA) is 32.3 Å². The lowest BCUT2D eigenvalue weighted by atomic mass is 10.3. The molecule has 1 aromatic carbocycles. The first-order valence-corrected chi connectivity index (χ1v) is 6.49. The van der Waals surface area contributed by atoms with Gasteiger partial charge in [-0.3, -0.25) is 4.79 Å². The third-order valence-electron chi connectivity index (χ3n) is 2.38. The highest BCUT2D eigenvalue weighted by Gasteiger charge is 2.09. The molecule has 0 saturated heterocycles. The smallest absolute Gasteiger partial charge is 0.232 e. The molecular formula is C12H16F2N2OS. The fraction of sp³-hybridized carbons (Fsp3) is 0.417. The van der Waals surface area contributed by atoms with Gasteiger partial charge in [0.15, 0.2) is 11.6 Å². The number of amides is 1. The molecule has 0 fully saturated rings. The van der Waals surface area contributed by atoms with Crippen molar-refractivity contribution in [1.82, 2.24) is 10.2 Å². The molecule has 1 amide bonds. The summed E-state index contributed by atoms with van der Waals surface area (Å²) in [5, 5.41) is 2.95. The van der Waals surface area contributed by atoms with Crippen molar-refractivity contribution < 1.29 is 13.6 Å². The Balaban J connectivity index is 2.44. The van der Waals surface area contributed by atoms with Crippen LogP contribution in [0.5, 0.6) is 0 Å². The number of carbonyl (C=O) groups excluding carboxylic acids is 1. The highest BCUT2D eigenvalue weighted by Crippen LogP contribution is 2.20. The maximum Gasteiger partial charge on any atom is 0.232 e. The lowest BCUT2D eigenvalue weighted by Crippen LogP contribution is -2.33. The van der Waals surface area contributed by atoms with Gasteiger partial charge in [-0.2, -0.15) is 0 Å². The maximum absolute atomic E-state index is 12.9. The van der Waals surface area contributed by atoms with E-state index in [0.29, 0.717) is 11.4 Å². The highest BCUT2D eigenvalue weighted by molar-refractivity contribution is 8.00. The Morgan fingerprint density at radius 1 is 1.39 bits per heavy atom. The second-order valence-electron chi connectivity index (χ2n) is 3.78. The van der Waals surface area contributed by atoms with Crippen LogP contribution in [0.1, 0.15) is 0 Å².